The van der Waals surface area contributed by atoms with Gasteiger partial charge in [-0.25, -0.2) is 4.39 Å². The van der Waals surface area contributed by atoms with E-state index in [2.05, 4.69) is 20.6 Å². The number of halogens is 1. The Morgan fingerprint density at radius 1 is 1.47 bits per heavy atom. The number of nitrogens with one attached hydrogen (secondary N) is 1. The summed E-state index contributed by atoms with van der Waals surface area (Å²) in [6, 6.07) is 4.25. The third-order valence-electron chi connectivity index (χ3n) is 2.19. The molecule has 0 aliphatic carbocycles. The summed E-state index contributed by atoms with van der Waals surface area (Å²) in [5.74, 6) is 0.0599. The van der Waals surface area contributed by atoms with E-state index in [1.54, 1.807) is 19.1 Å². The summed E-state index contributed by atoms with van der Waals surface area (Å²) < 4.78 is 13.3. The number of hydrogen-bond acceptors (Lipinski definition) is 4. The van der Waals surface area contributed by atoms with Crippen molar-refractivity contribution in [3.8, 4) is 0 Å². The van der Waals surface area contributed by atoms with Gasteiger partial charge in [0.25, 0.3) is 0 Å². The lowest BCUT2D eigenvalue weighted by molar-refractivity contribution is 0.613. The van der Waals surface area contributed by atoms with Crippen LogP contribution in [0.5, 0.6) is 0 Å². The van der Waals surface area contributed by atoms with Crippen molar-refractivity contribution in [2.75, 3.05) is 0 Å². The van der Waals surface area contributed by atoms with Crippen molar-refractivity contribution in [3.05, 3.63) is 41.0 Å². The van der Waals surface area contributed by atoms with Gasteiger partial charge < -0.3 is 5.73 Å². The highest BCUT2D eigenvalue weighted by molar-refractivity contribution is 5.28. The molecule has 0 fully saturated rings. The number of hydrogen-bond donors (Lipinski definition) is 2. The van der Waals surface area contributed by atoms with Crippen molar-refractivity contribution >= 4 is 0 Å². The zero-order chi connectivity index (χ0) is 10.8. The lowest BCUT2D eigenvalue weighted by atomic mass is 10.1. The standard InChI is InChI=1S/C9H10FN5/c1-5-2-3-6(4-7(5)10)8(11)9-12-14-15-13-9/h2-4,8H,11H2,1H3,(H,12,13,14,15). The molecule has 0 aliphatic rings. The van der Waals surface area contributed by atoms with Crippen LogP contribution in [-0.4, -0.2) is 20.6 Å². The molecule has 6 heteroatoms. The predicted molar refractivity (Wildman–Crippen MR) is 51.3 cm³/mol. The van der Waals surface area contributed by atoms with Crippen molar-refractivity contribution in [2.24, 2.45) is 5.73 Å². The van der Waals surface area contributed by atoms with Gasteiger partial charge in [0, 0.05) is 0 Å². The molecule has 78 valence electrons. The van der Waals surface area contributed by atoms with Crippen molar-refractivity contribution in [1.29, 1.82) is 0 Å². The van der Waals surface area contributed by atoms with E-state index >= 15 is 0 Å². The number of aromatic amines is 1. The first kappa shape index (κ1) is 9.72. The zero-order valence-corrected chi connectivity index (χ0v) is 8.11. The molecule has 1 unspecified atom stereocenters. The molecule has 0 saturated heterocycles. The van der Waals surface area contributed by atoms with Gasteiger partial charge in [0.15, 0.2) is 5.82 Å². The van der Waals surface area contributed by atoms with Gasteiger partial charge in [-0.3, -0.25) is 0 Å². The SMILES string of the molecule is Cc1ccc(C(N)c2nn[nH]n2)cc1F. The van der Waals surface area contributed by atoms with E-state index in [9.17, 15) is 4.39 Å². The van der Waals surface area contributed by atoms with Crippen LogP contribution in [0.15, 0.2) is 18.2 Å². The van der Waals surface area contributed by atoms with Gasteiger partial charge in [0.2, 0.25) is 0 Å². The minimum Gasteiger partial charge on any atom is -0.318 e. The Hall–Kier alpha value is -1.82. The highest BCUT2D eigenvalue weighted by atomic mass is 19.1. The summed E-state index contributed by atoms with van der Waals surface area (Å²) >= 11 is 0. The number of H-pyrrole nitrogens is 1. The van der Waals surface area contributed by atoms with Crippen LogP contribution in [0.1, 0.15) is 23.0 Å². The monoisotopic (exact) mass is 207 g/mol. The van der Waals surface area contributed by atoms with Gasteiger partial charge in [-0.2, -0.15) is 5.21 Å². The Morgan fingerprint density at radius 2 is 2.27 bits per heavy atom. The van der Waals surface area contributed by atoms with Crippen LogP contribution in [-0.2, 0) is 0 Å². The van der Waals surface area contributed by atoms with Gasteiger partial charge in [-0.15, -0.1) is 10.2 Å². The lowest BCUT2D eigenvalue weighted by Crippen LogP contribution is -2.14. The number of nitrogens with two attached hydrogens (primary N) is 1. The third kappa shape index (κ3) is 1.84. The van der Waals surface area contributed by atoms with Gasteiger partial charge in [0.05, 0.1) is 6.04 Å². The molecule has 0 aliphatic heterocycles. The summed E-state index contributed by atoms with van der Waals surface area (Å²) in [5, 5.41) is 13.2. The Labute approximate surface area is 85.5 Å². The number of aryl methyl sites for hydroxylation is 1. The zero-order valence-electron chi connectivity index (χ0n) is 8.11. The van der Waals surface area contributed by atoms with Crippen molar-refractivity contribution in [1.82, 2.24) is 20.6 Å². The van der Waals surface area contributed by atoms with Gasteiger partial charge in [-0.05, 0) is 24.1 Å². The van der Waals surface area contributed by atoms with Crippen LogP contribution >= 0.6 is 0 Å². The fourth-order valence-electron chi connectivity index (χ4n) is 1.25. The molecule has 5 nitrogen and oxygen atoms in total. The molecule has 2 aromatic rings. The number of benzene rings is 1. The molecule has 3 N–H and O–H groups in total. The molecule has 1 atom stereocenters. The largest absolute Gasteiger partial charge is 0.318 e. The lowest BCUT2D eigenvalue weighted by Gasteiger charge is -2.08. The van der Waals surface area contributed by atoms with E-state index in [1.807, 2.05) is 0 Å². The van der Waals surface area contributed by atoms with Crippen molar-refractivity contribution in [2.45, 2.75) is 13.0 Å². The predicted octanol–water partition coefficient (Wildman–Crippen LogP) is 0.695. The molecule has 1 aromatic carbocycles. The molecule has 1 aromatic heterocycles. The molecule has 0 radical (unpaired) electrons. The van der Waals surface area contributed by atoms with Crippen molar-refractivity contribution < 1.29 is 4.39 Å². The summed E-state index contributed by atoms with van der Waals surface area (Å²) in [5.41, 5.74) is 7.04. The van der Waals surface area contributed by atoms with E-state index < -0.39 is 6.04 Å². The average Bonchev–Trinajstić information content (AvgIpc) is 2.74. The van der Waals surface area contributed by atoms with Crippen LogP contribution in [0.25, 0.3) is 0 Å². The van der Waals surface area contributed by atoms with Crippen LogP contribution in [0, 0.1) is 12.7 Å². The molecule has 15 heavy (non-hydrogen) atoms. The Morgan fingerprint density at radius 3 is 2.87 bits per heavy atom. The van der Waals surface area contributed by atoms with E-state index in [-0.39, 0.29) is 5.82 Å². The smallest absolute Gasteiger partial charge is 0.195 e. The van der Waals surface area contributed by atoms with Gasteiger partial charge >= 0.3 is 0 Å². The Bertz CT molecular complexity index is 454. The van der Waals surface area contributed by atoms with Gasteiger partial charge in [0.1, 0.15) is 5.82 Å². The molecule has 0 amide bonds. The Kier molecular flexibility index (Phi) is 2.42. The fourth-order valence-corrected chi connectivity index (χ4v) is 1.25. The summed E-state index contributed by atoms with van der Waals surface area (Å²) in [7, 11) is 0. The molecular formula is C9H10FN5. The van der Waals surface area contributed by atoms with E-state index in [1.165, 1.54) is 6.07 Å². The maximum Gasteiger partial charge on any atom is 0.195 e. The van der Waals surface area contributed by atoms with Crippen molar-refractivity contribution in [3.63, 3.8) is 0 Å². The van der Waals surface area contributed by atoms with Crippen LogP contribution in [0.4, 0.5) is 4.39 Å². The second-order valence-corrected chi connectivity index (χ2v) is 3.26. The highest BCUT2D eigenvalue weighted by Crippen LogP contribution is 2.17. The van der Waals surface area contributed by atoms with Crippen LogP contribution in [0.3, 0.4) is 0 Å². The molecule has 2 rings (SSSR count). The van der Waals surface area contributed by atoms with E-state index in [4.69, 9.17) is 5.73 Å². The number of nitrogens with zero attached hydrogens (tertiary/aromatic N) is 3. The second-order valence-electron chi connectivity index (χ2n) is 3.26. The average molecular weight is 207 g/mol. The molecule has 0 saturated carbocycles. The van der Waals surface area contributed by atoms with Crippen LogP contribution in [0.2, 0.25) is 0 Å². The summed E-state index contributed by atoms with van der Waals surface area (Å²) in [6.45, 7) is 1.69. The normalized spacial score (nSPS) is 12.7. The first-order valence-electron chi connectivity index (χ1n) is 4.43. The third-order valence-corrected chi connectivity index (χ3v) is 2.19. The minimum absolute atomic E-state index is 0.286. The molecule has 0 bridgehead atoms. The maximum absolute atomic E-state index is 13.3. The Balaban J connectivity index is 2.34. The minimum atomic E-state index is -0.557. The first-order valence-corrected chi connectivity index (χ1v) is 4.43. The van der Waals surface area contributed by atoms with E-state index in [0.29, 0.717) is 17.0 Å². The number of aromatic nitrogens is 4. The fraction of sp³-hybridized carbons (Fsp3) is 0.222. The number of tetrazole rings is 1. The van der Waals surface area contributed by atoms with Crippen LogP contribution < -0.4 is 5.73 Å². The first-order chi connectivity index (χ1) is 7.18. The van der Waals surface area contributed by atoms with Gasteiger partial charge in [-0.1, -0.05) is 17.3 Å². The van der Waals surface area contributed by atoms with E-state index in [0.717, 1.165) is 0 Å². The second kappa shape index (κ2) is 3.74. The maximum atomic E-state index is 13.3. The molecular weight excluding hydrogens is 197 g/mol. The molecule has 0 spiro atoms. The summed E-state index contributed by atoms with van der Waals surface area (Å²) in [4.78, 5) is 0. The highest BCUT2D eigenvalue weighted by Gasteiger charge is 2.14. The number of rotatable bonds is 2. The molecule has 1 heterocycles. The quantitative estimate of drug-likeness (QED) is 0.759. The summed E-state index contributed by atoms with van der Waals surface area (Å²) in [6.07, 6.45) is 0. The topological polar surface area (TPSA) is 80.5 Å².